The third-order valence-electron chi connectivity index (χ3n) is 6.37. The summed E-state index contributed by atoms with van der Waals surface area (Å²) in [4.78, 5) is 37.8. The number of alkyl carbamates (subject to hydrolysis) is 1. The molecule has 1 heterocycles. The van der Waals surface area contributed by atoms with Crippen molar-refractivity contribution >= 4 is 18.0 Å². The van der Waals surface area contributed by atoms with E-state index in [0.717, 1.165) is 22.3 Å². The lowest BCUT2D eigenvalue weighted by Gasteiger charge is -2.51. The van der Waals surface area contributed by atoms with Crippen molar-refractivity contribution in [3.8, 4) is 11.1 Å². The summed E-state index contributed by atoms with van der Waals surface area (Å²) in [6.07, 6.45) is -0.574. The van der Waals surface area contributed by atoms with Crippen molar-refractivity contribution in [1.29, 1.82) is 0 Å². The molecule has 0 radical (unpaired) electrons. The van der Waals surface area contributed by atoms with Gasteiger partial charge in [0.2, 0.25) is 5.91 Å². The molecular formula is C25H28N2O5. The van der Waals surface area contributed by atoms with Gasteiger partial charge in [0.15, 0.2) is 0 Å². The van der Waals surface area contributed by atoms with E-state index >= 15 is 0 Å². The fourth-order valence-corrected chi connectivity index (χ4v) is 4.90. The number of aliphatic carboxylic acids is 1. The molecule has 0 saturated carbocycles. The van der Waals surface area contributed by atoms with E-state index < -0.39 is 29.6 Å². The Morgan fingerprint density at radius 1 is 1.09 bits per heavy atom. The normalized spacial score (nSPS) is 19.3. The van der Waals surface area contributed by atoms with Crippen molar-refractivity contribution in [3.63, 3.8) is 0 Å². The predicted octanol–water partition coefficient (Wildman–Crippen LogP) is 3.63. The summed E-state index contributed by atoms with van der Waals surface area (Å²) in [5.74, 6) is -1.33. The Balaban J connectivity index is 1.32. The summed E-state index contributed by atoms with van der Waals surface area (Å²) in [5, 5.41) is 12.1. The number of benzene rings is 2. The minimum Gasteiger partial charge on any atom is -0.480 e. The van der Waals surface area contributed by atoms with Gasteiger partial charge in [-0.05, 0) is 29.2 Å². The summed E-state index contributed by atoms with van der Waals surface area (Å²) < 4.78 is 5.52. The predicted molar refractivity (Wildman–Crippen MR) is 119 cm³/mol. The lowest BCUT2D eigenvalue weighted by atomic mass is 9.74. The van der Waals surface area contributed by atoms with E-state index in [-0.39, 0.29) is 24.9 Å². The smallest absolute Gasteiger partial charge is 0.407 e. The Bertz CT molecular complexity index is 1020. The highest BCUT2D eigenvalue weighted by Gasteiger charge is 2.52. The molecule has 1 fully saturated rings. The van der Waals surface area contributed by atoms with Crippen LogP contribution in [-0.4, -0.2) is 53.2 Å². The Labute approximate surface area is 187 Å². The molecule has 7 nitrogen and oxygen atoms in total. The van der Waals surface area contributed by atoms with Crippen molar-refractivity contribution in [2.24, 2.45) is 5.41 Å². The van der Waals surface area contributed by atoms with Crippen LogP contribution in [0.2, 0.25) is 0 Å². The average Bonchev–Trinajstić information content (AvgIpc) is 3.04. The molecule has 32 heavy (non-hydrogen) atoms. The van der Waals surface area contributed by atoms with E-state index in [1.54, 1.807) is 6.92 Å². The van der Waals surface area contributed by atoms with Gasteiger partial charge in [-0.25, -0.2) is 9.59 Å². The lowest BCUT2D eigenvalue weighted by Crippen LogP contribution is -2.67. The van der Waals surface area contributed by atoms with Crippen LogP contribution in [0.25, 0.3) is 11.1 Å². The third-order valence-corrected chi connectivity index (χ3v) is 6.37. The van der Waals surface area contributed by atoms with E-state index in [0.29, 0.717) is 6.54 Å². The minimum atomic E-state index is -1.01. The topological polar surface area (TPSA) is 95.9 Å². The molecule has 2 aromatic carbocycles. The van der Waals surface area contributed by atoms with Gasteiger partial charge in [-0.2, -0.15) is 0 Å². The van der Waals surface area contributed by atoms with Gasteiger partial charge in [-0.1, -0.05) is 62.4 Å². The number of ether oxygens (including phenoxy) is 1. The molecule has 0 aromatic heterocycles. The molecule has 2 aromatic rings. The number of hydrogen-bond donors (Lipinski definition) is 2. The number of fused-ring (bicyclic) bond motifs is 3. The highest BCUT2D eigenvalue weighted by molar-refractivity contribution is 5.87. The zero-order valence-electron chi connectivity index (χ0n) is 18.5. The number of nitrogens with zero attached hydrogens (tertiary/aromatic N) is 1. The summed E-state index contributed by atoms with van der Waals surface area (Å²) in [6.45, 7) is 5.95. The number of carbonyl (C=O) groups is 3. The Morgan fingerprint density at radius 3 is 2.19 bits per heavy atom. The number of rotatable bonds is 6. The molecule has 168 valence electrons. The van der Waals surface area contributed by atoms with Crippen LogP contribution in [0.1, 0.15) is 44.2 Å². The molecule has 2 amide bonds. The van der Waals surface area contributed by atoms with Crippen molar-refractivity contribution in [3.05, 3.63) is 59.7 Å². The highest BCUT2D eigenvalue weighted by atomic mass is 16.5. The Morgan fingerprint density at radius 2 is 1.66 bits per heavy atom. The van der Waals surface area contributed by atoms with Crippen LogP contribution in [0.4, 0.5) is 4.79 Å². The first-order valence-electron chi connectivity index (χ1n) is 10.8. The molecule has 2 aliphatic rings. The highest BCUT2D eigenvalue weighted by Crippen LogP contribution is 2.44. The second kappa shape index (κ2) is 8.30. The van der Waals surface area contributed by atoms with Crippen molar-refractivity contribution in [2.75, 3.05) is 13.2 Å². The van der Waals surface area contributed by atoms with E-state index in [1.807, 2.05) is 38.1 Å². The summed E-state index contributed by atoms with van der Waals surface area (Å²) in [5.41, 5.74) is 4.11. The van der Waals surface area contributed by atoms with E-state index in [9.17, 15) is 19.5 Å². The van der Waals surface area contributed by atoms with Gasteiger partial charge in [0, 0.05) is 30.3 Å². The maximum absolute atomic E-state index is 12.5. The van der Waals surface area contributed by atoms with Crippen LogP contribution in [0.3, 0.4) is 0 Å². The van der Waals surface area contributed by atoms with Crippen LogP contribution in [0, 0.1) is 5.41 Å². The molecule has 7 heteroatoms. The lowest BCUT2D eigenvalue weighted by molar-refractivity contribution is -0.172. The SMILES string of the molecule is C[C@H](CC(=O)N1CC(C)(C)C1C(=O)O)NC(=O)OCC1c2ccccc2-c2ccccc21. The van der Waals surface area contributed by atoms with Gasteiger partial charge in [-0.15, -0.1) is 0 Å². The summed E-state index contributed by atoms with van der Waals surface area (Å²) in [6, 6.07) is 14.9. The van der Waals surface area contributed by atoms with E-state index in [1.165, 1.54) is 4.90 Å². The zero-order valence-corrected chi connectivity index (χ0v) is 18.5. The van der Waals surface area contributed by atoms with Gasteiger partial charge < -0.3 is 20.1 Å². The number of likely N-dealkylation sites (tertiary alicyclic amines) is 1. The van der Waals surface area contributed by atoms with Gasteiger partial charge in [0.1, 0.15) is 12.6 Å². The largest absolute Gasteiger partial charge is 0.480 e. The molecule has 1 unspecified atom stereocenters. The van der Waals surface area contributed by atoms with Crippen LogP contribution >= 0.6 is 0 Å². The van der Waals surface area contributed by atoms with E-state index in [2.05, 4.69) is 29.6 Å². The molecule has 0 bridgehead atoms. The fraction of sp³-hybridized carbons (Fsp3) is 0.400. The number of carboxylic acid groups (broad SMARTS) is 1. The maximum atomic E-state index is 12.5. The monoisotopic (exact) mass is 436 g/mol. The molecule has 1 saturated heterocycles. The molecule has 2 N–H and O–H groups in total. The second-order valence-electron chi connectivity index (χ2n) is 9.33. The quantitative estimate of drug-likeness (QED) is 0.721. The Hall–Kier alpha value is -3.35. The maximum Gasteiger partial charge on any atom is 0.407 e. The van der Waals surface area contributed by atoms with Gasteiger partial charge in [-0.3, -0.25) is 4.79 Å². The van der Waals surface area contributed by atoms with Crippen molar-refractivity contribution < 1.29 is 24.2 Å². The van der Waals surface area contributed by atoms with Crippen molar-refractivity contribution in [2.45, 2.75) is 45.2 Å². The van der Waals surface area contributed by atoms with Crippen LogP contribution in [0.5, 0.6) is 0 Å². The summed E-state index contributed by atoms with van der Waals surface area (Å²) in [7, 11) is 0. The Kier molecular flexibility index (Phi) is 5.67. The third kappa shape index (κ3) is 3.95. The molecule has 0 spiro atoms. The van der Waals surface area contributed by atoms with E-state index in [4.69, 9.17) is 4.74 Å². The van der Waals surface area contributed by atoms with Crippen LogP contribution in [0.15, 0.2) is 48.5 Å². The van der Waals surface area contributed by atoms with Crippen molar-refractivity contribution in [1.82, 2.24) is 10.2 Å². The average molecular weight is 437 g/mol. The molecule has 2 atom stereocenters. The zero-order chi connectivity index (χ0) is 23.0. The molecular weight excluding hydrogens is 408 g/mol. The number of carbonyl (C=O) groups excluding carboxylic acids is 2. The van der Waals surface area contributed by atoms with Gasteiger partial charge in [0.25, 0.3) is 0 Å². The molecule has 1 aliphatic heterocycles. The molecule has 4 rings (SSSR count). The second-order valence-corrected chi connectivity index (χ2v) is 9.33. The van der Waals surface area contributed by atoms with Crippen LogP contribution < -0.4 is 5.32 Å². The first kappa shape index (κ1) is 21.9. The number of hydrogen-bond acceptors (Lipinski definition) is 4. The van der Waals surface area contributed by atoms with Gasteiger partial charge >= 0.3 is 12.1 Å². The van der Waals surface area contributed by atoms with Gasteiger partial charge in [0.05, 0.1) is 0 Å². The molecule has 1 aliphatic carbocycles. The first-order chi connectivity index (χ1) is 15.2. The fourth-order valence-electron chi connectivity index (χ4n) is 4.90. The summed E-state index contributed by atoms with van der Waals surface area (Å²) >= 11 is 0. The number of nitrogens with one attached hydrogen (secondary N) is 1. The first-order valence-corrected chi connectivity index (χ1v) is 10.8. The minimum absolute atomic E-state index is 0.0179. The number of carboxylic acids is 1. The standard InChI is InChI=1S/C25H28N2O5/c1-15(12-21(28)27-14-25(2,3)22(27)23(29)30)26-24(31)32-13-20-18-10-6-4-8-16(18)17-9-5-7-11-19(17)20/h4-11,15,20,22H,12-14H2,1-3H3,(H,26,31)(H,29,30)/t15-,22?/m1/s1. The number of amides is 2. The van der Waals surface area contributed by atoms with Crippen LogP contribution in [-0.2, 0) is 14.3 Å².